The number of halogens is 3. The molecule has 2 aromatic carbocycles. The quantitative estimate of drug-likeness (QED) is 0.407. The van der Waals surface area contributed by atoms with Gasteiger partial charge in [-0.25, -0.2) is 8.78 Å². The second-order valence-corrected chi connectivity index (χ2v) is 8.54. The number of amides is 2. The lowest BCUT2D eigenvalue weighted by atomic mass is 10.1. The molecule has 0 atom stereocenters. The number of hydrogen-bond acceptors (Lipinski definition) is 5. The van der Waals surface area contributed by atoms with Gasteiger partial charge in [0.2, 0.25) is 17.6 Å². The third kappa shape index (κ3) is 3.48. The standard InChI is InChI=1S/C22H18ClF2N7O2/c1-31-29-19(28-30-31)18-17(23)14-8-12(24)3-5-16(14)32(18)13-4-2-11(15(25)9-13)10-27-21(34)22(6-7-22)20(26)33/h2-5,8-9H,6-7,10H2,1H3,(H2,26,33)(H,27,34). The lowest BCUT2D eigenvalue weighted by molar-refractivity contribution is -0.135. The van der Waals surface area contributed by atoms with Crippen LogP contribution in [0.1, 0.15) is 18.4 Å². The molecule has 5 rings (SSSR count). The smallest absolute Gasteiger partial charge is 0.235 e. The Morgan fingerprint density at radius 2 is 1.97 bits per heavy atom. The Balaban J connectivity index is 1.53. The summed E-state index contributed by atoms with van der Waals surface area (Å²) in [4.78, 5) is 25.1. The molecule has 1 fully saturated rings. The number of benzene rings is 2. The molecule has 0 bridgehead atoms. The minimum Gasteiger partial charge on any atom is -0.369 e. The highest BCUT2D eigenvalue weighted by Crippen LogP contribution is 2.45. The molecule has 0 aliphatic heterocycles. The topological polar surface area (TPSA) is 121 Å². The van der Waals surface area contributed by atoms with E-state index in [1.807, 2.05) is 0 Å². The minimum absolute atomic E-state index is 0.114. The summed E-state index contributed by atoms with van der Waals surface area (Å²) >= 11 is 6.57. The van der Waals surface area contributed by atoms with Crippen LogP contribution in [0.3, 0.4) is 0 Å². The molecule has 3 N–H and O–H groups in total. The average molecular weight is 486 g/mol. The summed E-state index contributed by atoms with van der Waals surface area (Å²) in [6, 6.07) is 8.48. The van der Waals surface area contributed by atoms with Gasteiger partial charge in [-0.15, -0.1) is 10.2 Å². The fourth-order valence-electron chi connectivity index (χ4n) is 3.94. The van der Waals surface area contributed by atoms with Gasteiger partial charge in [-0.2, -0.15) is 4.80 Å². The van der Waals surface area contributed by atoms with E-state index in [9.17, 15) is 14.0 Å². The molecule has 1 aliphatic rings. The Bertz CT molecular complexity index is 1480. The summed E-state index contributed by atoms with van der Waals surface area (Å²) in [5, 5.41) is 15.2. The number of nitrogens with one attached hydrogen (secondary N) is 1. The summed E-state index contributed by atoms with van der Waals surface area (Å²) in [6.45, 7) is -0.114. The predicted octanol–water partition coefficient (Wildman–Crippen LogP) is 2.63. The van der Waals surface area contributed by atoms with Crippen LogP contribution in [0.5, 0.6) is 0 Å². The van der Waals surface area contributed by atoms with Gasteiger partial charge in [0.25, 0.3) is 0 Å². The van der Waals surface area contributed by atoms with E-state index >= 15 is 4.39 Å². The van der Waals surface area contributed by atoms with Crippen LogP contribution in [0.4, 0.5) is 8.78 Å². The Morgan fingerprint density at radius 1 is 1.21 bits per heavy atom. The number of rotatable bonds is 6. The molecule has 0 radical (unpaired) electrons. The van der Waals surface area contributed by atoms with Gasteiger partial charge in [-0.05, 0) is 48.4 Å². The van der Waals surface area contributed by atoms with Crippen molar-refractivity contribution in [3.05, 3.63) is 58.6 Å². The molecule has 34 heavy (non-hydrogen) atoms. The first-order valence-corrected chi connectivity index (χ1v) is 10.7. The molecule has 4 aromatic rings. The van der Waals surface area contributed by atoms with Gasteiger partial charge in [-0.1, -0.05) is 17.7 Å². The number of aromatic nitrogens is 5. The highest BCUT2D eigenvalue weighted by molar-refractivity contribution is 6.38. The molecule has 0 spiro atoms. The zero-order valence-electron chi connectivity index (χ0n) is 17.8. The molecule has 2 heterocycles. The van der Waals surface area contributed by atoms with Crippen LogP contribution in [-0.4, -0.2) is 36.6 Å². The maximum atomic E-state index is 15.1. The van der Waals surface area contributed by atoms with Crippen LogP contribution in [0, 0.1) is 17.0 Å². The number of carbonyl (C=O) groups is 2. The van der Waals surface area contributed by atoms with Gasteiger partial charge in [0.15, 0.2) is 0 Å². The van der Waals surface area contributed by atoms with E-state index < -0.39 is 28.9 Å². The molecule has 1 aliphatic carbocycles. The first kappa shape index (κ1) is 22.0. The number of hydrogen-bond donors (Lipinski definition) is 2. The van der Waals surface area contributed by atoms with Crippen molar-refractivity contribution in [3.8, 4) is 17.2 Å². The van der Waals surface area contributed by atoms with Crippen molar-refractivity contribution >= 4 is 34.3 Å². The molecule has 12 heteroatoms. The Morgan fingerprint density at radius 3 is 2.59 bits per heavy atom. The SMILES string of the molecule is Cn1nnc(-c2c(Cl)c3cc(F)ccc3n2-c2ccc(CNC(=O)C3(C(N)=O)CC3)c(F)c2)n1. The highest BCUT2D eigenvalue weighted by atomic mass is 35.5. The normalized spacial score (nSPS) is 14.4. The van der Waals surface area contributed by atoms with Crippen LogP contribution in [-0.2, 0) is 23.2 Å². The monoisotopic (exact) mass is 485 g/mol. The van der Waals surface area contributed by atoms with E-state index in [1.165, 1.54) is 35.1 Å². The Hall–Kier alpha value is -3.86. The van der Waals surface area contributed by atoms with Gasteiger partial charge in [0, 0.05) is 23.2 Å². The average Bonchev–Trinajstić information content (AvgIpc) is 3.44. The van der Waals surface area contributed by atoms with E-state index in [1.54, 1.807) is 17.7 Å². The number of fused-ring (bicyclic) bond motifs is 1. The van der Waals surface area contributed by atoms with Gasteiger partial charge in [-0.3, -0.25) is 9.59 Å². The zero-order valence-corrected chi connectivity index (χ0v) is 18.6. The van der Waals surface area contributed by atoms with Crippen molar-refractivity contribution in [1.29, 1.82) is 0 Å². The zero-order chi connectivity index (χ0) is 24.2. The Labute approximate surface area is 196 Å². The van der Waals surface area contributed by atoms with Gasteiger partial charge < -0.3 is 15.6 Å². The number of carbonyl (C=O) groups excluding carboxylic acids is 2. The largest absolute Gasteiger partial charge is 0.369 e. The van der Waals surface area contributed by atoms with Crippen molar-refractivity contribution in [3.63, 3.8) is 0 Å². The molecule has 0 saturated heterocycles. The molecule has 2 amide bonds. The fraction of sp³-hybridized carbons (Fsp3) is 0.227. The van der Waals surface area contributed by atoms with Crippen LogP contribution in [0.15, 0.2) is 36.4 Å². The van der Waals surface area contributed by atoms with E-state index in [0.717, 1.165) is 0 Å². The number of nitrogens with two attached hydrogens (primary N) is 1. The molecule has 9 nitrogen and oxygen atoms in total. The number of primary amides is 1. The summed E-state index contributed by atoms with van der Waals surface area (Å²) in [6.07, 6.45) is 0.771. The summed E-state index contributed by atoms with van der Waals surface area (Å²) in [5.74, 6) is -2.09. The van der Waals surface area contributed by atoms with Crippen molar-refractivity contribution in [2.75, 3.05) is 0 Å². The third-order valence-corrected chi connectivity index (χ3v) is 6.36. The Kier molecular flexibility index (Phi) is 5.08. The minimum atomic E-state index is -1.19. The maximum Gasteiger partial charge on any atom is 0.235 e. The lowest BCUT2D eigenvalue weighted by Crippen LogP contribution is -2.40. The van der Waals surface area contributed by atoms with Crippen molar-refractivity contribution in [2.45, 2.75) is 19.4 Å². The molecular weight excluding hydrogens is 468 g/mol. The van der Waals surface area contributed by atoms with Crippen LogP contribution in [0.2, 0.25) is 5.02 Å². The van der Waals surface area contributed by atoms with Gasteiger partial charge in [0.05, 0.1) is 17.6 Å². The van der Waals surface area contributed by atoms with Gasteiger partial charge in [0.1, 0.15) is 22.7 Å². The van der Waals surface area contributed by atoms with Crippen LogP contribution < -0.4 is 11.1 Å². The van der Waals surface area contributed by atoms with Crippen LogP contribution >= 0.6 is 11.6 Å². The third-order valence-electron chi connectivity index (χ3n) is 5.98. The summed E-state index contributed by atoms with van der Waals surface area (Å²) in [5.41, 5.74) is 5.56. The number of aryl methyl sites for hydroxylation is 1. The number of tetrazole rings is 1. The molecule has 1 saturated carbocycles. The summed E-state index contributed by atoms with van der Waals surface area (Å²) in [7, 11) is 1.59. The first-order chi connectivity index (χ1) is 16.2. The van der Waals surface area contributed by atoms with Gasteiger partial charge >= 0.3 is 0 Å². The molecule has 0 unspecified atom stereocenters. The molecule has 2 aromatic heterocycles. The van der Waals surface area contributed by atoms with Crippen molar-refractivity contribution < 1.29 is 18.4 Å². The number of nitrogens with zero attached hydrogens (tertiary/aromatic N) is 5. The first-order valence-electron chi connectivity index (χ1n) is 10.3. The van der Waals surface area contributed by atoms with E-state index in [2.05, 4.69) is 20.7 Å². The van der Waals surface area contributed by atoms with Crippen molar-refractivity contribution in [2.24, 2.45) is 18.2 Å². The molecule has 174 valence electrons. The second kappa shape index (κ2) is 7.87. The van der Waals surface area contributed by atoms with E-state index in [-0.39, 0.29) is 23.0 Å². The fourth-order valence-corrected chi connectivity index (χ4v) is 4.26. The predicted molar refractivity (Wildman–Crippen MR) is 119 cm³/mol. The maximum absolute atomic E-state index is 15.1. The van der Waals surface area contributed by atoms with E-state index in [4.69, 9.17) is 17.3 Å². The summed E-state index contributed by atoms with van der Waals surface area (Å²) < 4.78 is 30.6. The van der Waals surface area contributed by atoms with E-state index in [0.29, 0.717) is 35.1 Å². The second-order valence-electron chi connectivity index (χ2n) is 8.17. The lowest BCUT2D eigenvalue weighted by Gasteiger charge is -2.14. The molecular formula is C22H18ClF2N7O2. The van der Waals surface area contributed by atoms with Crippen LogP contribution in [0.25, 0.3) is 28.1 Å². The van der Waals surface area contributed by atoms with Crippen molar-refractivity contribution in [1.82, 2.24) is 30.1 Å². The highest BCUT2D eigenvalue weighted by Gasteiger charge is 2.55.